The third-order valence-electron chi connectivity index (χ3n) is 2.60. The fourth-order valence-corrected chi connectivity index (χ4v) is 1.68. The molecule has 0 aromatic heterocycles. The van der Waals surface area contributed by atoms with Gasteiger partial charge in [-0.2, -0.15) is 0 Å². The van der Waals surface area contributed by atoms with Crippen molar-refractivity contribution in [3.8, 4) is 0 Å². The molecule has 0 N–H and O–H groups in total. The van der Waals surface area contributed by atoms with Gasteiger partial charge in [-0.3, -0.25) is 0 Å². The Balaban J connectivity index is 0.000000573. The third kappa shape index (κ3) is 6.81. The maximum absolute atomic E-state index is 2.24. The van der Waals surface area contributed by atoms with Crippen LogP contribution in [0.15, 0.2) is 60.7 Å². The molecule has 0 unspecified atom stereocenters. The lowest BCUT2D eigenvalue weighted by Gasteiger charge is -2.11. The minimum absolute atomic E-state index is 0.484. The molecule has 2 aromatic carbocycles. The van der Waals surface area contributed by atoms with Crippen molar-refractivity contribution in [3.63, 3.8) is 0 Å². The fraction of sp³-hybridized carbons (Fsp3) is 0.368. The molecule has 2 rings (SSSR count). The van der Waals surface area contributed by atoms with E-state index in [-0.39, 0.29) is 0 Å². The van der Waals surface area contributed by atoms with E-state index in [1.807, 2.05) is 13.8 Å². The summed E-state index contributed by atoms with van der Waals surface area (Å²) in [6.07, 6.45) is 1.25. The molecule has 0 spiro atoms. The van der Waals surface area contributed by atoms with Crippen LogP contribution in [0.2, 0.25) is 0 Å². The van der Waals surface area contributed by atoms with E-state index in [1.54, 1.807) is 0 Å². The first-order valence-corrected chi connectivity index (χ1v) is 7.39. The minimum Gasteiger partial charge on any atom is -0.0683 e. The summed E-state index contributed by atoms with van der Waals surface area (Å²) in [5.41, 5.74) is 2.75. The Morgan fingerprint density at radius 3 is 1.21 bits per heavy atom. The first-order valence-electron chi connectivity index (χ1n) is 7.39. The maximum Gasteiger partial charge on any atom is 0.00610 e. The van der Waals surface area contributed by atoms with Crippen LogP contribution < -0.4 is 0 Å². The molecule has 104 valence electrons. The topological polar surface area (TPSA) is 0 Å². The molecule has 0 aliphatic heterocycles. The van der Waals surface area contributed by atoms with E-state index in [9.17, 15) is 0 Å². The molecule has 0 bridgehead atoms. The van der Waals surface area contributed by atoms with E-state index >= 15 is 0 Å². The van der Waals surface area contributed by atoms with E-state index in [2.05, 4.69) is 81.4 Å². The minimum atomic E-state index is 0.484. The highest BCUT2D eigenvalue weighted by Crippen LogP contribution is 2.22. The standard InChI is InChI=1S/C14H14.C3H8.C2H6/c1-12(13-8-4-2-5-9-13)14-10-6-3-7-11-14;1-3-2;1-2/h2-12H,1H3;3H2,1-2H3;1-2H3. The Labute approximate surface area is 119 Å². The van der Waals surface area contributed by atoms with Crippen LogP contribution >= 0.6 is 0 Å². The van der Waals surface area contributed by atoms with Gasteiger partial charge in [0.15, 0.2) is 0 Å². The predicted octanol–water partition coefficient (Wildman–Crippen LogP) is 6.28. The van der Waals surface area contributed by atoms with Gasteiger partial charge in [0.05, 0.1) is 0 Å². The Kier molecular flexibility index (Phi) is 10.6. The summed E-state index contributed by atoms with van der Waals surface area (Å²) in [5, 5.41) is 0. The first kappa shape index (κ1) is 17.4. The summed E-state index contributed by atoms with van der Waals surface area (Å²) < 4.78 is 0. The molecular formula is C19H28. The summed E-state index contributed by atoms with van der Waals surface area (Å²) in [6.45, 7) is 10.5. The van der Waals surface area contributed by atoms with Crippen LogP contribution in [-0.4, -0.2) is 0 Å². The lowest BCUT2D eigenvalue weighted by molar-refractivity contribution is 0.922. The molecule has 0 fully saturated rings. The highest BCUT2D eigenvalue weighted by molar-refractivity contribution is 5.31. The Morgan fingerprint density at radius 2 is 0.947 bits per heavy atom. The predicted molar refractivity (Wildman–Crippen MR) is 87.7 cm³/mol. The molecule has 0 saturated carbocycles. The van der Waals surface area contributed by atoms with Gasteiger partial charge in [-0.1, -0.05) is 102 Å². The average molecular weight is 256 g/mol. The highest BCUT2D eigenvalue weighted by atomic mass is 14.1. The summed E-state index contributed by atoms with van der Waals surface area (Å²) in [5.74, 6) is 0.484. The number of hydrogen-bond acceptors (Lipinski definition) is 0. The monoisotopic (exact) mass is 256 g/mol. The molecule has 2 aromatic rings. The summed E-state index contributed by atoms with van der Waals surface area (Å²) >= 11 is 0. The quantitative estimate of drug-likeness (QED) is 0.593. The molecule has 0 heterocycles. The molecule has 0 aliphatic carbocycles. The molecule has 0 heteroatoms. The SMILES string of the molecule is CC.CC(c1ccccc1)c1ccccc1.CCC. The zero-order valence-corrected chi connectivity index (χ0v) is 13.1. The first-order chi connectivity index (χ1) is 9.29. The van der Waals surface area contributed by atoms with Crippen LogP contribution in [0.3, 0.4) is 0 Å². The van der Waals surface area contributed by atoms with E-state index in [4.69, 9.17) is 0 Å². The van der Waals surface area contributed by atoms with Crippen LogP contribution in [0, 0.1) is 0 Å². The lowest BCUT2D eigenvalue weighted by atomic mass is 9.93. The largest absolute Gasteiger partial charge is 0.0683 e. The molecule has 0 amide bonds. The van der Waals surface area contributed by atoms with Crippen LogP contribution in [0.25, 0.3) is 0 Å². The molecule has 0 radical (unpaired) electrons. The number of hydrogen-bond donors (Lipinski definition) is 0. The van der Waals surface area contributed by atoms with E-state index < -0.39 is 0 Å². The van der Waals surface area contributed by atoms with Gasteiger partial charge in [0.2, 0.25) is 0 Å². The van der Waals surface area contributed by atoms with Gasteiger partial charge >= 0.3 is 0 Å². The van der Waals surface area contributed by atoms with Crippen LogP contribution in [0.1, 0.15) is 58.1 Å². The van der Waals surface area contributed by atoms with Crippen molar-refractivity contribution in [2.45, 2.75) is 47.0 Å². The van der Waals surface area contributed by atoms with Gasteiger partial charge in [-0.05, 0) is 11.1 Å². The second kappa shape index (κ2) is 11.5. The molecule has 0 atom stereocenters. The molecule has 0 aliphatic rings. The fourth-order valence-electron chi connectivity index (χ4n) is 1.68. The second-order valence-electron chi connectivity index (χ2n) is 4.25. The number of benzene rings is 2. The van der Waals surface area contributed by atoms with Gasteiger partial charge in [0.1, 0.15) is 0 Å². The summed E-state index contributed by atoms with van der Waals surface area (Å²) in [4.78, 5) is 0. The second-order valence-corrected chi connectivity index (χ2v) is 4.25. The van der Waals surface area contributed by atoms with Crippen molar-refractivity contribution in [3.05, 3.63) is 71.8 Å². The zero-order chi connectivity index (χ0) is 14.5. The Morgan fingerprint density at radius 1 is 0.684 bits per heavy atom. The van der Waals surface area contributed by atoms with Crippen molar-refractivity contribution >= 4 is 0 Å². The normalized spacial score (nSPS) is 8.95. The molecule has 0 saturated heterocycles. The van der Waals surface area contributed by atoms with Crippen molar-refractivity contribution in [1.82, 2.24) is 0 Å². The smallest absolute Gasteiger partial charge is 0.00610 e. The Hall–Kier alpha value is -1.56. The van der Waals surface area contributed by atoms with Crippen LogP contribution in [0.4, 0.5) is 0 Å². The van der Waals surface area contributed by atoms with Gasteiger partial charge in [-0.15, -0.1) is 0 Å². The van der Waals surface area contributed by atoms with Gasteiger partial charge < -0.3 is 0 Å². The summed E-state index contributed by atoms with van der Waals surface area (Å²) in [6, 6.07) is 21.2. The lowest BCUT2D eigenvalue weighted by Crippen LogP contribution is -1.94. The van der Waals surface area contributed by atoms with Crippen molar-refractivity contribution in [2.24, 2.45) is 0 Å². The Bertz CT molecular complexity index is 349. The molecular weight excluding hydrogens is 228 g/mol. The van der Waals surface area contributed by atoms with E-state index in [1.165, 1.54) is 17.5 Å². The molecule has 0 nitrogen and oxygen atoms in total. The summed E-state index contributed by atoms with van der Waals surface area (Å²) in [7, 11) is 0. The van der Waals surface area contributed by atoms with Crippen molar-refractivity contribution in [1.29, 1.82) is 0 Å². The highest BCUT2D eigenvalue weighted by Gasteiger charge is 2.05. The van der Waals surface area contributed by atoms with E-state index in [0.29, 0.717) is 5.92 Å². The zero-order valence-electron chi connectivity index (χ0n) is 13.1. The average Bonchev–Trinajstić information content (AvgIpc) is 2.51. The third-order valence-corrected chi connectivity index (χ3v) is 2.60. The van der Waals surface area contributed by atoms with Crippen molar-refractivity contribution in [2.75, 3.05) is 0 Å². The van der Waals surface area contributed by atoms with E-state index in [0.717, 1.165) is 0 Å². The van der Waals surface area contributed by atoms with Gasteiger partial charge in [0.25, 0.3) is 0 Å². The number of rotatable bonds is 2. The van der Waals surface area contributed by atoms with Gasteiger partial charge in [0, 0.05) is 5.92 Å². The van der Waals surface area contributed by atoms with Crippen LogP contribution in [0.5, 0.6) is 0 Å². The van der Waals surface area contributed by atoms with Crippen molar-refractivity contribution < 1.29 is 0 Å². The molecule has 19 heavy (non-hydrogen) atoms. The van der Waals surface area contributed by atoms with Crippen LogP contribution in [-0.2, 0) is 0 Å². The van der Waals surface area contributed by atoms with Gasteiger partial charge in [-0.25, -0.2) is 0 Å². The maximum atomic E-state index is 2.24.